The number of carbonyl (C=O) groups is 2. The van der Waals surface area contributed by atoms with Crippen molar-refractivity contribution in [1.29, 1.82) is 0 Å². The number of carboxylic acid groups (broad SMARTS) is 1. The number of carbonyl (C=O) groups excluding carboxylic acids is 1. The van der Waals surface area contributed by atoms with Crippen molar-refractivity contribution in [2.45, 2.75) is 46.0 Å². The first-order chi connectivity index (χ1) is 14.0. The number of aliphatic carboxylic acids is 1. The third kappa shape index (κ3) is 4.73. The van der Waals surface area contributed by atoms with E-state index in [9.17, 15) is 22.6 Å². The number of hydrogen-bond donors (Lipinski definition) is 1. The van der Waals surface area contributed by atoms with Gasteiger partial charge in [0.2, 0.25) is 0 Å². The summed E-state index contributed by atoms with van der Waals surface area (Å²) >= 11 is 0. The number of Topliss-reactive ketones (excluding diaryl/α,β-unsaturated/α-hetero) is 1. The minimum Gasteiger partial charge on any atom is -0.744 e. The Morgan fingerprint density at radius 1 is 1.27 bits per heavy atom. The van der Waals surface area contributed by atoms with E-state index >= 15 is 0 Å². The molecule has 0 saturated heterocycles. The zero-order chi connectivity index (χ0) is 22.1. The van der Waals surface area contributed by atoms with E-state index in [0.717, 1.165) is 0 Å². The largest absolute Gasteiger partial charge is 0.744 e. The summed E-state index contributed by atoms with van der Waals surface area (Å²) in [5, 5.41) is 8.63. The van der Waals surface area contributed by atoms with Gasteiger partial charge in [-0.1, -0.05) is 13.8 Å². The average Bonchev–Trinajstić information content (AvgIpc) is 2.61. The molecular formula is C21H23O8S-. The van der Waals surface area contributed by atoms with Crippen molar-refractivity contribution < 1.29 is 37.1 Å². The number of rotatable bonds is 8. The van der Waals surface area contributed by atoms with E-state index in [-0.39, 0.29) is 18.6 Å². The van der Waals surface area contributed by atoms with Crippen molar-refractivity contribution in [3.8, 4) is 11.5 Å². The van der Waals surface area contributed by atoms with Gasteiger partial charge < -0.3 is 19.1 Å². The first-order valence-electron chi connectivity index (χ1n) is 9.61. The minimum atomic E-state index is -5.00. The Morgan fingerprint density at radius 3 is 2.67 bits per heavy atom. The molecule has 1 aromatic carbocycles. The Bertz CT molecular complexity index is 1050. The molecule has 3 rings (SSSR count). The van der Waals surface area contributed by atoms with Gasteiger partial charge in [0.15, 0.2) is 11.5 Å². The molecule has 162 valence electrons. The highest BCUT2D eigenvalue weighted by atomic mass is 32.2. The molecule has 1 N–H and O–H groups in total. The fourth-order valence-electron chi connectivity index (χ4n) is 3.57. The second-order valence-corrected chi connectivity index (χ2v) is 9.33. The van der Waals surface area contributed by atoms with Gasteiger partial charge in [0.05, 0.1) is 6.61 Å². The molecule has 8 nitrogen and oxygen atoms in total. The third-order valence-electron chi connectivity index (χ3n) is 5.09. The van der Waals surface area contributed by atoms with Crippen LogP contribution in [0.1, 0.15) is 51.5 Å². The smallest absolute Gasteiger partial charge is 0.303 e. The lowest BCUT2D eigenvalue weighted by molar-refractivity contribution is -0.137. The van der Waals surface area contributed by atoms with Crippen LogP contribution in [0.5, 0.6) is 11.5 Å². The molecule has 0 unspecified atom stereocenters. The highest BCUT2D eigenvalue weighted by Crippen LogP contribution is 2.48. The fraction of sp³-hybridized carbons (Fsp3) is 0.429. The van der Waals surface area contributed by atoms with E-state index < -0.39 is 32.2 Å². The van der Waals surface area contributed by atoms with Gasteiger partial charge in [-0.15, -0.1) is 0 Å². The predicted octanol–water partition coefficient (Wildman–Crippen LogP) is 3.24. The highest BCUT2D eigenvalue weighted by Gasteiger charge is 2.42. The van der Waals surface area contributed by atoms with Gasteiger partial charge in [0.1, 0.15) is 26.5 Å². The Kier molecular flexibility index (Phi) is 6.05. The molecule has 1 heterocycles. The van der Waals surface area contributed by atoms with Crippen LogP contribution in [-0.2, 0) is 19.7 Å². The molecule has 30 heavy (non-hydrogen) atoms. The highest BCUT2D eigenvalue weighted by molar-refractivity contribution is 7.90. The first kappa shape index (κ1) is 22.0. The summed E-state index contributed by atoms with van der Waals surface area (Å²) in [6, 6.07) is 5.09. The lowest BCUT2D eigenvalue weighted by atomic mass is 9.73. The number of ketones is 1. The number of unbranched alkanes of at least 4 members (excludes halogenated alkanes) is 2. The van der Waals surface area contributed by atoms with Crippen LogP contribution in [0.4, 0.5) is 0 Å². The van der Waals surface area contributed by atoms with Gasteiger partial charge in [-0.25, -0.2) is 8.42 Å². The molecule has 1 aliphatic carbocycles. The standard InChI is InChI=1S/C21H24O8S/c1-21(2)12-16(22)20(30(25,26)27)19-15(21)10-13-7-8-14(11-17(13)29-19)28-9-5-3-4-6-18(23)24/h7-8,10-11H,3-6,9,12H2,1-2H3,(H,23,24)(H,25,26,27)/p-1. The van der Waals surface area contributed by atoms with Crippen molar-refractivity contribution in [1.82, 2.24) is 0 Å². The molecule has 0 radical (unpaired) electrons. The number of carboxylic acids is 1. The van der Waals surface area contributed by atoms with Gasteiger partial charge in [0.25, 0.3) is 0 Å². The molecule has 2 aliphatic rings. The number of benzene rings is 1. The van der Waals surface area contributed by atoms with Gasteiger partial charge >= 0.3 is 5.97 Å². The maximum Gasteiger partial charge on any atom is 0.303 e. The lowest BCUT2D eigenvalue weighted by Crippen LogP contribution is -2.34. The third-order valence-corrected chi connectivity index (χ3v) is 6.00. The van der Waals surface area contributed by atoms with Crippen LogP contribution >= 0.6 is 0 Å². The Labute approximate surface area is 174 Å². The van der Waals surface area contributed by atoms with E-state index in [1.54, 1.807) is 38.1 Å². The fourth-order valence-corrected chi connectivity index (χ4v) is 4.30. The molecule has 0 amide bonds. The summed E-state index contributed by atoms with van der Waals surface area (Å²) in [6.07, 6.45) is 3.74. The molecule has 0 spiro atoms. The topological polar surface area (TPSA) is 130 Å². The maximum absolute atomic E-state index is 12.4. The van der Waals surface area contributed by atoms with E-state index in [0.29, 0.717) is 48.5 Å². The van der Waals surface area contributed by atoms with Gasteiger partial charge in [-0.05, 0) is 37.5 Å². The molecule has 0 bridgehead atoms. The van der Waals surface area contributed by atoms with Crippen LogP contribution < -0.4 is 9.47 Å². The zero-order valence-electron chi connectivity index (χ0n) is 16.8. The average molecular weight is 435 g/mol. The maximum atomic E-state index is 12.4. The molecule has 0 saturated carbocycles. The molecule has 1 aromatic rings. The molecule has 0 fully saturated rings. The summed E-state index contributed by atoms with van der Waals surface area (Å²) < 4.78 is 46.5. The van der Waals surface area contributed by atoms with Gasteiger partial charge in [-0.3, -0.25) is 9.59 Å². The number of allylic oxidation sites excluding steroid dienone is 2. The molecule has 1 aliphatic heterocycles. The van der Waals surface area contributed by atoms with Crippen LogP contribution in [0.15, 0.2) is 34.4 Å². The van der Waals surface area contributed by atoms with Crippen molar-refractivity contribution >= 4 is 27.9 Å². The summed E-state index contributed by atoms with van der Waals surface area (Å²) in [7, 11) is -5.00. The molecule has 0 atom stereocenters. The van der Waals surface area contributed by atoms with Crippen molar-refractivity contribution in [3.05, 3.63) is 40.0 Å². The van der Waals surface area contributed by atoms with Gasteiger partial charge in [-0.2, -0.15) is 0 Å². The van der Waals surface area contributed by atoms with Crippen LogP contribution in [0, 0.1) is 5.41 Å². The summed E-state index contributed by atoms with van der Waals surface area (Å²) in [5.74, 6) is -1.00. The molecule has 9 heteroatoms. The lowest BCUT2D eigenvalue weighted by Gasteiger charge is -2.37. The van der Waals surface area contributed by atoms with E-state index in [2.05, 4.69) is 0 Å². The SMILES string of the molecule is CC1(C)CC(=O)C(S(=O)(=O)[O-])=C2Oc3cc(OCCCCCC(=O)O)ccc3C=C21. The number of ether oxygens (including phenoxy) is 2. The zero-order valence-corrected chi connectivity index (χ0v) is 17.6. The van der Waals surface area contributed by atoms with Crippen LogP contribution in [0.3, 0.4) is 0 Å². The summed E-state index contributed by atoms with van der Waals surface area (Å²) in [6.45, 7) is 3.97. The Hall–Kier alpha value is -2.65. The number of hydrogen-bond acceptors (Lipinski definition) is 7. The van der Waals surface area contributed by atoms with Crippen molar-refractivity contribution in [2.24, 2.45) is 5.41 Å². The van der Waals surface area contributed by atoms with E-state index in [4.69, 9.17) is 14.6 Å². The molecular weight excluding hydrogens is 412 g/mol. The normalized spacial score (nSPS) is 17.6. The second kappa shape index (κ2) is 8.23. The minimum absolute atomic E-state index is 0.0963. The van der Waals surface area contributed by atoms with Crippen molar-refractivity contribution in [2.75, 3.05) is 6.61 Å². The van der Waals surface area contributed by atoms with Crippen LogP contribution in [0.25, 0.3) is 6.08 Å². The van der Waals surface area contributed by atoms with Gasteiger partial charge in [0, 0.05) is 35.5 Å². The van der Waals surface area contributed by atoms with Crippen molar-refractivity contribution in [3.63, 3.8) is 0 Å². The predicted molar refractivity (Wildman–Crippen MR) is 107 cm³/mol. The summed E-state index contributed by atoms with van der Waals surface area (Å²) in [5.41, 5.74) is 0.507. The number of fused-ring (bicyclic) bond motifs is 2. The quantitative estimate of drug-likeness (QED) is 0.486. The summed E-state index contributed by atoms with van der Waals surface area (Å²) in [4.78, 5) is 22.0. The first-order valence-corrected chi connectivity index (χ1v) is 11.0. The monoisotopic (exact) mass is 435 g/mol. The van der Waals surface area contributed by atoms with Crippen LogP contribution in [0.2, 0.25) is 0 Å². The van der Waals surface area contributed by atoms with E-state index in [1.807, 2.05) is 0 Å². The van der Waals surface area contributed by atoms with E-state index in [1.165, 1.54) is 0 Å². The second-order valence-electron chi connectivity index (χ2n) is 8.01. The Morgan fingerprint density at radius 2 is 2.00 bits per heavy atom. The molecule has 0 aromatic heterocycles. The van der Waals surface area contributed by atoms with Crippen LogP contribution in [-0.4, -0.2) is 36.4 Å². The Balaban J connectivity index is 1.82.